The normalized spacial score (nSPS) is 19.3. The molecule has 2 aliphatic carbocycles. The van der Waals surface area contributed by atoms with E-state index in [1.165, 1.54) is 75.3 Å². The molecular formula is C28H30N4O2. The Morgan fingerprint density at radius 2 is 1.29 bits per heavy atom. The third kappa shape index (κ3) is 3.75. The van der Waals surface area contributed by atoms with Crippen LogP contribution in [0.4, 0.5) is 0 Å². The molecule has 3 aliphatic rings. The van der Waals surface area contributed by atoms with Gasteiger partial charge in [0.15, 0.2) is 5.88 Å². The smallest absolute Gasteiger partial charge is 0.280 e. The van der Waals surface area contributed by atoms with Crippen molar-refractivity contribution >= 4 is 11.6 Å². The van der Waals surface area contributed by atoms with Gasteiger partial charge in [-0.25, -0.2) is 4.99 Å². The van der Waals surface area contributed by atoms with Crippen LogP contribution in [0.25, 0.3) is 11.4 Å². The lowest BCUT2D eigenvalue weighted by molar-refractivity contribution is 0.101. The fourth-order valence-corrected chi connectivity index (χ4v) is 5.98. The number of carbonyl (C=O) groups is 1. The number of nitrogens with zero attached hydrogens (tertiary/aromatic N) is 3. The molecular weight excluding hydrogens is 424 g/mol. The van der Waals surface area contributed by atoms with E-state index >= 15 is 0 Å². The summed E-state index contributed by atoms with van der Waals surface area (Å²) in [6, 6.07) is 8.07. The first-order chi connectivity index (χ1) is 16.7. The predicted molar refractivity (Wildman–Crippen MR) is 132 cm³/mol. The summed E-state index contributed by atoms with van der Waals surface area (Å²) >= 11 is 0. The van der Waals surface area contributed by atoms with Crippen LogP contribution < -0.4 is 0 Å². The Bertz CT molecular complexity index is 1230. The van der Waals surface area contributed by atoms with Gasteiger partial charge in [-0.15, -0.1) is 0 Å². The van der Waals surface area contributed by atoms with Crippen LogP contribution in [-0.4, -0.2) is 31.7 Å². The first-order valence-electron chi connectivity index (χ1n) is 12.7. The average molecular weight is 455 g/mol. The molecule has 0 atom stereocenters. The van der Waals surface area contributed by atoms with Crippen LogP contribution in [0.1, 0.15) is 109 Å². The van der Waals surface area contributed by atoms with Crippen molar-refractivity contribution in [3.8, 4) is 17.3 Å². The number of nitrogens with one attached hydrogen (secondary N) is 1. The number of H-pyrrole nitrogens is 1. The summed E-state index contributed by atoms with van der Waals surface area (Å²) in [6.45, 7) is 0. The van der Waals surface area contributed by atoms with Crippen LogP contribution in [0.5, 0.6) is 5.88 Å². The van der Waals surface area contributed by atoms with Crippen molar-refractivity contribution in [3.05, 3.63) is 64.6 Å². The minimum absolute atomic E-state index is 0.0640. The quantitative estimate of drug-likeness (QED) is 0.486. The van der Waals surface area contributed by atoms with Crippen molar-refractivity contribution in [1.29, 1.82) is 0 Å². The molecule has 0 spiro atoms. The highest BCUT2D eigenvalue weighted by atomic mass is 16.3. The summed E-state index contributed by atoms with van der Waals surface area (Å²) in [6.07, 6.45) is 16.4. The number of fused-ring (bicyclic) bond motifs is 1. The maximum Gasteiger partial charge on any atom is 0.280 e. The number of aromatic hydroxyl groups is 1. The molecule has 1 amide bonds. The van der Waals surface area contributed by atoms with E-state index in [4.69, 9.17) is 0 Å². The molecule has 3 aromatic heterocycles. The molecule has 4 heterocycles. The van der Waals surface area contributed by atoms with Crippen molar-refractivity contribution in [1.82, 2.24) is 15.0 Å². The summed E-state index contributed by atoms with van der Waals surface area (Å²) in [7, 11) is 0. The summed E-state index contributed by atoms with van der Waals surface area (Å²) in [5.74, 6) is 0.698. The third-order valence-electron chi connectivity index (χ3n) is 7.87. The molecule has 2 saturated carbocycles. The lowest BCUT2D eigenvalue weighted by Crippen LogP contribution is -2.07. The highest BCUT2D eigenvalue weighted by Crippen LogP contribution is 2.39. The number of aromatic nitrogens is 3. The zero-order chi connectivity index (χ0) is 23.1. The first-order valence-corrected chi connectivity index (χ1v) is 12.7. The largest absolute Gasteiger partial charge is 0.494 e. The van der Waals surface area contributed by atoms with E-state index in [1.807, 2.05) is 24.5 Å². The van der Waals surface area contributed by atoms with Crippen molar-refractivity contribution < 1.29 is 9.90 Å². The number of pyridine rings is 2. The van der Waals surface area contributed by atoms with Gasteiger partial charge in [0, 0.05) is 12.4 Å². The number of amides is 1. The van der Waals surface area contributed by atoms with Gasteiger partial charge in [-0.05, 0) is 60.8 Å². The Balaban J connectivity index is 1.28. The molecule has 2 N–H and O–H groups in total. The predicted octanol–water partition coefficient (Wildman–Crippen LogP) is 6.26. The van der Waals surface area contributed by atoms with Crippen molar-refractivity contribution in [2.24, 2.45) is 4.99 Å². The molecule has 34 heavy (non-hydrogen) atoms. The summed E-state index contributed by atoms with van der Waals surface area (Å²) < 4.78 is 0. The highest BCUT2D eigenvalue weighted by molar-refractivity contribution is 6.29. The van der Waals surface area contributed by atoms with Gasteiger partial charge >= 0.3 is 0 Å². The van der Waals surface area contributed by atoms with Gasteiger partial charge in [0.1, 0.15) is 5.71 Å². The molecule has 6 nitrogen and oxygen atoms in total. The van der Waals surface area contributed by atoms with E-state index in [9.17, 15) is 9.90 Å². The molecule has 0 unspecified atom stereocenters. The Kier molecular flexibility index (Phi) is 5.52. The number of hydrogen-bond donors (Lipinski definition) is 2. The molecule has 0 bridgehead atoms. The molecule has 0 saturated heterocycles. The van der Waals surface area contributed by atoms with Crippen molar-refractivity contribution in [3.63, 3.8) is 0 Å². The van der Waals surface area contributed by atoms with Gasteiger partial charge in [0.25, 0.3) is 5.91 Å². The second kappa shape index (κ2) is 8.82. The Labute approximate surface area is 199 Å². The summed E-state index contributed by atoms with van der Waals surface area (Å²) in [5, 5.41) is 10.7. The van der Waals surface area contributed by atoms with Crippen LogP contribution in [0.2, 0.25) is 0 Å². The Morgan fingerprint density at radius 3 is 1.82 bits per heavy atom. The third-order valence-corrected chi connectivity index (χ3v) is 7.87. The molecule has 2 fully saturated rings. The molecule has 0 aromatic carbocycles. The number of rotatable bonds is 4. The number of aromatic amines is 1. The van der Waals surface area contributed by atoms with E-state index in [2.05, 4.69) is 32.1 Å². The molecule has 0 radical (unpaired) electrons. The Morgan fingerprint density at radius 1 is 0.735 bits per heavy atom. The molecule has 6 rings (SSSR count). The fraction of sp³-hybridized carbons (Fsp3) is 0.429. The van der Waals surface area contributed by atoms with Gasteiger partial charge in [-0.2, -0.15) is 0 Å². The zero-order valence-electron chi connectivity index (χ0n) is 19.4. The van der Waals surface area contributed by atoms with Crippen molar-refractivity contribution in [2.75, 3.05) is 0 Å². The molecule has 3 aromatic rings. The minimum Gasteiger partial charge on any atom is -0.494 e. The lowest BCUT2D eigenvalue weighted by Gasteiger charge is -2.21. The SMILES string of the molecule is O=C1N=C(c2ccc(C3CCCCC3)cn2)c2c(O)[nH]c(-c3ccc(C4CCCCC4)cn3)c21. The monoisotopic (exact) mass is 454 g/mol. The van der Waals surface area contributed by atoms with Gasteiger partial charge in [-0.3, -0.25) is 14.8 Å². The van der Waals surface area contributed by atoms with Crippen LogP contribution in [0, 0.1) is 0 Å². The van der Waals surface area contributed by atoms with E-state index in [1.54, 1.807) is 0 Å². The number of hydrogen-bond acceptors (Lipinski definition) is 4. The summed E-state index contributed by atoms with van der Waals surface area (Å²) in [4.78, 5) is 29.5. The molecule has 6 heteroatoms. The van der Waals surface area contributed by atoms with Gasteiger partial charge in [0.05, 0.1) is 28.2 Å². The summed E-state index contributed by atoms with van der Waals surface area (Å²) in [5.41, 5.74) is 5.49. The highest BCUT2D eigenvalue weighted by Gasteiger charge is 2.34. The second-order valence-corrected chi connectivity index (χ2v) is 9.99. The standard InChI is InChI=1S/C28H30N4O2/c33-27-23-24(26(32-27)22-14-12-20(16-30-22)18-9-5-2-6-10-18)28(34)31-25(23)21-13-11-19(15-29-21)17-7-3-1-4-8-17/h11-18,31,34H,1-10H2. The van der Waals surface area contributed by atoms with E-state index in [-0.39, 0.29) is 11.8 Å². The molecule has 1 aliphatic heterocycles. The minimum atomic E-state index is -0.368. The average Bonchev–Trinajstić information content (AvgIpc) is 3.43. The number of aliphatic imine (C=N–C) groups is 1. The first kappa shape index (κ1) is 21.3. The maximum absolute atomic E-state index is 12.9. The van der Waals surface area contributed by atoms with E-state index in [0.29, 0.717) is 45.8 Å². The molecule has 174 valence electrons. The fourth-order valence-electron chi connectivity index (χ4n) is 5.98. The van der Waals surface area contributed by atoms with Gasteiger partial charge in [0.2, 0.25) is 0 Å². The van der Waals surface area contributed by atoms with Gasteiger partial charge in [-0.1, -0.05) is 50.7 Å². The number of carbonyl (C=O) groups excluding carboxylic acids is 1. The van der Waals surface area contributed by atoms with E-state index in [0.717, 1.165) is 0 Å². The maximum atomic E-state index is 12.9. The zero-order valence-corrected chi connectivity index (χ0v) is 19.4. The Hall–Kier alpha value is -3.28. The van der Waals surface area contributed by atoms with Crippen LogP contribution in [-0.2, 0) is 0 Å². The second-order valence-electron chi connectivity index (χ2n) is 9.99. The topological polar surface area (TPSA) is 91.2 Å². The van der Waals surface area contributed by atoms with E-state index < -0.39 is 0 Å². The van der Waals surface area contributed by atoms with Crippen LogP contribution >= 0.6 is 0 Å². The van der Waals surface area contributed by atoms with Crippen molar-refractivity contribution in [2.45, 2.75) is 76.0 Å². The van der Waals surface area contributed by atoms with Crippen LogP contribution in [0.15, 0.2) is 41.7 Å². The lowest BCUT2D eigenvalue weighted by atomic mass is 9.85. The van der Waals surface area contributed by atoms with Crippen LogP contribution in [0.3, 0.4) is 0 Å². The van der Waals surface area contributed by atoms with Gasteiger partial charge < -0.3 is 10.1 Å².